The fourth-order valence-electron chi connectivity index (χ4n) is 2.62. The molecule has 0 spiro atoms. The van der Waals surface area contributed by atoms with E-state index in [1.54, 1.807) is 57.6 Å². The van der Waals surface area contributed by atoms with E-state index in [1.165, 1.54) is 6.07 Å². The fourth-order valence-corrected chi connectivity index (χ4v) is 2.62. The lowest BCUT2D eigenvalue weighted by molar-refractivity contribution is 0.0526. The monoisotopic (exact) mass is 354 g/mol. The van der Waals surface area contributed by atoms with Crippen LogP contribution in [0.1, 0.15) is 33.2 Å². The first kappa shape index (κ1) is 17.5. The van der Waals surface area contributed by atoms with Crippen molar-refractivity contribution >= 4 is 17.8 Å². The summed E-state index contributed by atoms with van der Waals surface area (Å²) in [4.78, 5) is 24.5. The van der Waals surface area contributed by atoms with Gasteiger partial charge < -0.3 is 18.9 Å². The molecule has 0 fully saturated rings. The van der Waals surface area contributed by atoms with Crippen LogP contribution < -0.4 is 14.2 Å². The topological polar surface area (TPSA) is 71.1 Å². The highest BCUT2D eigenvalue weighted by Crippen LogP contribution is 2.34. The lowest BCUT2D eigenvalue weighted by Gasteiger charge is -2.07. The molecule has 0 saturated carbocycles. The van der Waals surface area contributed by atoms with Crippen LogP contribution >= 0.6 is 0 Å². The summed E-state index contributed by atoms with van der Waals surface area (Å²) >= 11 is 0. The first-order valence-electron chi connectivity index (χ1n) is 8.04. The number of benzene rings is 2. The van der Waals surface area contributed by atoms with Crippen molar-refractivity contribution < 1.29 is 28.5 Å². The molecule has 1 heterocycles. The van der Waals surface area contributed by atoms with E-state index in [4.69, 9.17) is 18.9 Å². The molecule has 0 unspecified atom stereocenters. The van der Waals surface area contributed by atoms with Crippen molar-refractivity contribution in [3.05, 3.63) is 58.8 Å². The summed E-state index contributed by atoms with van der Waals surface area (Å²) in [6.45, 7) is 1.99. The summed E-state index contributed by atoms with van der Waals surface area (Å²) in [7, 11) is 3.10. The molecular weight excluding hydrogens is 336 g/mol. The van der Waals surface area contributed by atoms with Gasteiger partial charge in [-0.1, -0.05) is 0 Å². The molecule has 26 heavy (non-hydrogen) atoms. The van der Waals surface area contributed by atoms with Crippen LogP contribution in [0.3, 0.4) is 0 Å². The van der Waals surface area contributed by atoms with E-state index in [1.807, 2.05) is 0 Å². The normalized spacial score (nSPS) is 14.0. The number of hydrogen-bond donors (Lipinski definition) is 0. The van der Waals surface area contributed by atoms with Crippen molar-refractivity contribution in [2.75, 3.05) is 20.8 Å². The Morgan fingerprint density at radius 3 is 2.62 bits per heavy atom. The Morgan fingerprint density at radius 1 is 1.12 bits per heavy atom. The van der Waals surface area contributed by atoms with Crippen LogP contribution in [0, 0.1) is 0 Å². The number of ether oxygens (including phenoxy) is 4. The maximum absolute atomic E-state index is 12.7. The highest BCUT2D eigenvalue weighted by atomic mass is 16.5. The zero-order valence-corrected chi connectivity index (χ0v) is 14.7. The minimum atomic E-state index is -0.477. The van der Waals surface area contributed by atoms with Crippen molar-refractivity contribution in [1.82, 2.24) is 0 Å². The minimum absolute atomic E-state index is 0.146. The van der Waals surface area contributed by atoms with E-state index >= 15 is 0 Å². The molecule has 6 heteroatoms. The average molecular weight is 354 g/mol. The standard InChI is InChI=1S/C20H18O6/c1-4-25-20(22)12-5-7-17-15(10-12)19(21)18(26-17)11-13-9-14(23-2)6-8-16(13)24-3/h5-11H,4H2,1-3H3/b18-11-. The number of Topliss-reactive ketones (excluding diaryl/α,β-unsaturated/α-hetero) is 1. The van der Waals surface area contributed by atoms with Gasteiger partial charge in [0.1, 0.15) is 17.2 Å². The van der Waals surface area contributed by atoms with Crippen LogP contribution in [-0.4, -0.2) is 32.6 Å². The van der Waals surface area contributed by atoms with Gasteiger partial charge in [0.25, 0.3) is 0 Å². The van der Waals surface area contributed by atoms with E-state index in [2.05, 4.69) is 0 Å². The molecule has 0 atom stereocenters. The molecule has 0 N–H and O–H groups in total. The van der Waals surface area contributed by atoms with Gasteiger partial charge >= 0.3 is 5.97 Å². The number of allylic oxidation sites excluding steroid dienone is 1. The van der Waals surface area contributed by atoms with E-state index in [0.29, 0.717) is 33.9 Å². The summed E-state index contributed by atoms with van der Waals surface area (Å²) in [5, 5.41) is 0. The second kappa shape index (κ2) is 7.31. The minimum Gasteiger partial charge on any atom is -0.497 e. The first-order valence-corrected chi connectivity index (χ1v) is 8.04. The molecule has 0 bridgehead atoms. The lowest BCUT2D eigenvalue weighted by Crippen LogP contribution is -2.05. The zero-order chi connectivity index (χ0) is 18.7. The van der Waals surface area contributed by atoms with Crippen molar-refractivity contribution in [3.63, 3.8) is 0 Å². The van der Waals surface area contributed by atoms with Gasteiger partial charge in [0.2, 0.25) is 5.78 Å². The largest absolute Gasteiger partial charge is 0.497 e. The molecule has 1 aliphatic rings. The molecule has 2 aromatic rings. The highest BCUT2D eigenvalue weighted by molar-refractivity contribution is 6.15. The number of methoxy groups -OCH3 is 2. The summed E-state index contributed by atoms with van der Waals surface area (Å²) in [6, 6.07) is 9.90. The third-order valence-electron chi connectivity index (χ3n) is 3.90. The molecule has 1 aliphatic heterocycles. The summed E-state index contributed by atoms with van der Waals surface area (Å²) in [5.41, 5.74) is 1.28. The lowest BCUT2D eigenvalue weighted by atomic mass is 10.1. The molecule has 3 rings (SSSR count). The van der Waals surface area contributed by atoms with Crippen LogP contribution in [0.4, 0.5) is 0 Å². The molecule has 0 amide bonds. The summed E-state index contributed by atoms with van der Waals surface area (Å²) in [5.74, 6) is 0.970. The van der Waals surface area contributed by atoms with E-state index in [-0.39, 0.29) is 18.1 Å². The van der Waals surface area contributed by atoms with Crippen LogP contribution in [0.15, 0.2) is 42.2 Å². The molecule has 0 aliphatic carbocycles. The quantitative estimate of drug-likeness (QED) is 0.605. The van der Waals surface area contributed by atoms with Crippen LogP contribution in [-0.2, 0) is 4.74 Å². The maximum Gasteiger partial charge on any atom is 0.338 e. The Kier molecular flexibility index (Phi) is 4.93. The average Bonchev–Trinajstić information content (AvgIpc) is 2.97. The molecule has 0 saturated heterocycles. The van der Waals surface area contributed by atoms with Gasteiger partial charge in [-0.15, -0.1) is 0 Å². The number of carbonyl (C=O) groups is 2. The second-order valence-corrected chi connectivity index (χ2v) is 5.48. The molecule has 0 radical (unpaired) electrons. The number of hydrogen-bond acceptors (Lipinski definition) is 6. The molecule has 0 aromatic heterocycles. The van der Waals surface area contributed by atoms with Crippen molar-refractivity contribution in [3.8, 4) is 17.2 Å². The summed E-state index contributed by atoms with van der Waals surface area (Å²) in [6.07, 6.45) is 1.59. The van der Waals surface area contributed by atoms with Crippen LogP contribution in [0.25, 0.3) is 6.08 Å². The van der Waals surface area contributed by atoms with Gasteiger partial charge in [0.05, 0.1) is 32.0 Å². The molecule has 6 nitrogen and oxygen atoms in total. The third-order valence-corrected chi connectivity index (χ3v) is 3.90. The zero-order valence-electron chi connectivity index (χ0n) is 14.7. The second-order valence-electron chi connectivity index (χ2n) is 5.48. The van der Waals surface area contributed by atoms with Gasteiger partial charge in [-0.3, -0.25) is 4.79 Å². The predicted octanol–water partition coefficient (Wildman–Crippen LogP) is 3.50. The van der Waals surface area contributed by atoms with Gasteiger partial charge in [0.15, 0.2) is 5.76 Å². The van der Waals surface area contributed by atoms with Crippen LogP contribution in [0.5, 0.6) is 17.2 Å². The van der Waals surface area contributed by atoms with Gasteiger partial charge in [0, 0.05) is 5.56 Å². The number of rotatable bonds is 5. The van der Waals surface area contributed by atoms with Gasteiger partial charge in [-0.2, -0.15) is 0 Å². The Hall–Kier alpha value is -3.28. The SMILES string of the molecule is CCOC(=O)c1ccc2c(c1)C(=O)/C(=C/c1cc(OC)ccc1OC)O2. The highest BCUT2D eigenvalue weighted by Gasteiger charge is 2.29. The van der Waals surface area contributed by atoms with Gasteiger partial charge in [-0.25, -0.2) is 4.79 Å². The Labute approximate surface area is 150 Å². The number of carbonyl (C=O) groups excluding carboxylic acids is 2. The van der Waals surface area contributed by atoms with Crippen molar-refractivity contribution in [1.29, 1.82) is 0 Å². The Morgan fingerprint density at radius 2 is 1.92 bits per heavy atom. The van der Waals surface area contributed by atoms with Crippen molar-refractivity contribution in [2.24, 2.45) is 0 Å². The fraction of sp³-hybridized carbons (Fsp3) is 0.200. The van der Waals surface area contributed by atoms with E-state index < -0.39 is 5.97 Å². The molecule has 2 aromatic carbocycles. The van der Waals surface area contributed by atoms with E-state index in [0.717, 1.165) is 0 Å². The third kappa shape index (κ3) is 3.26. The van der Waals surface area contributed by atoms with Crippen LogP contribution in [0.2, 0.25) is 0 Å². The Balaban J connectivity index is 1.95. The number of fused-ring (bicyclic) bond motifs is 1. The first-order chi connectivity index (χ1) is 12.6. The molecular formula is C20H18O6. The summed E-state index contributed by atoms with van der Waals surface area (Å²) < 4.78 is 21.1. The maximum atomic E-state index is 12.7. The Bertz CT molecular complexity index is 897. The number of ketones is 1. The van der Waals surface area contributed by atoms with Crippen molar-refractivity contribution in [2.45, 2.75) is 6.92 Å². The predicted molar refractivity (Wildman–Crippen MR) is 94.9 cm³/mol. The smallest absolute Gasteiger partial charge is 0.338 e. The number of esters is 1. The van der Waals surface area contributed by atoms with E-state index in [9.17, 15) is 9.59 Å². The van der Waals surface area contributed by atoms with Gasteiger partial charge in [-0.05, 0) is 49.4 Å². The molecule has 134 valence electrons.